The van der Waals surface area contributed by atoms with Crippen LogP contribution in [0, 0.1) is 0 Å². The molecule has 0 spiro atoms. The number of hydrogen-bond donors (Lipinski definition) is 2. The summed E-state index contributed by atoms with van der Waals surface area (Å²) in [4.78, 5) is 0. The van der Waals surface area contributed by atoms with Gasteiger partial charge in [-0.2, -0.15) is 11.8 Å². The molecule has 0 bridgehead atoms. The molecule has 1 saturated heterocycles. The molecule has 0 atom stereocenters. The van der Waals surface area contributed by atoms with Crippen LogP contribution in [0.4, 0.5) is 0 Å². The summed E-state index contributed by atoms with van der Waals surface area (Å²) in [5.41, 5.74) is 0.695. The Morgan fingerprint density at radius 1 is 1.24 bits per heavy atom. The average Bonchev–Trinajstić information content (AvgIpc) is 2.32. The number of rotatable bonds is 4. The van der Waals surface area contributed by atoms with Crippen LogP contribution in [0.25, 0.3) is 0 Å². The summed E-state index contributed by atoms with van der Waals surface area (Å²) in [6.07, 6.45) is 1.79. The van der Waals surface area contributed by atoms with Gasteiger partial charge in [-0.15, -0.1) is 0 Å². The predicted molar refractivity (Wildman–Crippen MR) is 74.7 cm³/mol. The normalized spacial score (nSPS) is 19.2. The fourth-order valence-corrected chi connectivity index (χ4v) is 3.35. The van der Waals surface area contributed by atoms with Crippen LogP contribution in [0.2, 0.25) is 5.02 Å². The molecule has 0 saturated carbocycles. The van der Waals surface area contributed by atoms with Crippen LogP contribution in [0.15, 0.2) is 24.3 Å². The van der Waals surface area contributed by atoms with Crippen molar-refractivity contribution < 1.29 is 5.11 Å². The maximum Gasteiger partial charge on any atom is 0.0787 e. The number of nitrogens with one attached hydrogen (secondary N) is 1. The molecule has 4 heteroatoms. The molecule has 2 nitrogen and oxygen atoms in total. The van der Waals surface area contributed by atoms with Crippen molar-refractivity contribution in [3.05, 3.63) is 34.9 Å². The van der Waals surface area contributed by atoms with E-state index >= 15 is 0 Å². The van der Waals surface area contributed by atoms with Gasteiger partial charge >= 0.3 is 0 Å². The first-order valence-corrected chi connectivity index (χ1v) is 7.47. The van der Waals surface area contributed by atoms with E-state index in [2.05, 4.69) is 5.32 Å². The number of benzene rings is 1. The lowest BCUT2D eigenvalue weighted by molar-refractivity contribution is 0.0320. The van der Waals surface area contributed by atoms with Crippen LogP contribution in [0.5, 0.6) is 0 Å². The van der Waals surface area contributed by atoms with E-state index in [0.717, 1.165) is 35.9 Å². The number of hydrogen-bond acceptors (Lipinski definition) is 3. The van der Waals surface area contributed by atoms with Crippen molar-refractivity contribution in [1.29, 1.82) is 0 Å². The Morgan fingerprint density at radius 2 is 1.88 bits per heavy atom. The highest BCUT2D eigenvalue weighted by Gasteiger charge is 2.28. The van der Waals surface area contributed by atoms with Gasteiger partial charge in [0.15, 0.2) is 0 Å². The van der Waals surface area contributed by atoms with Crippen molar-refractivity contribution in [3.8, 4) is 0 Å². The summed E-state index contributed by atoms with van der Waals surface area (Å²) in [6.45, 7) is 1.46. The lowest BCUT2D eigenvalue weighted by Crippen LogP contribution is -2.43. The number of aliphatic hydroxyl groups is 1. The molecule has 94 valence electrons. The molecular formula is C13H18ClNOS. The summed E-state index contributed by atoms with van der Waals surface area (Å²) in [5, 5.41) is 14.4. The Labute approximate surface area is 112 Å². The highest BCUT2D eigenvalue weighted by Crippen LogP contribution is 2.26. The van der Waals surface area contributed by atoms with Gasteiger partial charge < -0.3 is 10.4 Å². The van der Waals surface area contributed by atoms with Gasteiger partial charge in [-0.05, 0) is 42.0 Å². The zero-order valence-corrected chi connectivity index (χ0v) is 11.4. The van der Waals surface area contributed by atoms with E-state index in [9.17, 15) is 5.11 Å². The van der Waals surface area contributed by atoms with Crippen LogP contribution in [-0.2, 0) is 6.54 Å². The van der Waals surface area contributed by atoms with Gasteiger partial charge in [-0.1, -0.05) is 23.7 Å². The predicted octanol–water partition coefficient (Wildman–Crippen LogP) is 2.69. The SMILES string of the molecule is OC1(CNCc2ccc(Cl)cc2)CCSCC1. The molecule has 1 aromatic carbocycles. The van der Waals surface area contributed by atoms with Gasteiger partial charge in [0, 0.05) is 18.1 Å². The number of thioether (sulfide) groups is 1. The molecule has 2 rings (SSSR count). The van der Waals surface area contributed by atoms with Crippen LogP contribution < -0.4 is 5.32 Å². The van der Waals surface area contributed by atoms with E-state index in [0.29, 0.717) is 6.54 Å². The van der Waals surface area contributed by atoms with Gasteiger partial charge in [0.1, 0.15) is 0 Å². The van der Waals surface area contributed by atoms with E-state index in [1.54, 1.807) is 0 Å². The van der Waals surface area contributed by atoms with Gasteiger partial charge in [-0.3, -0.25) is 0 Å². The van der Waals surface area contributed by atoms with Gasteiger partial charge in [-0.25, -0.2) is 0 Å². The monoisotopic (exact) mass is 271 g/mol. The fourth-order valence-electron chi connectivity index (χ4n) is 1.97. The first kappa shape index (κ1) is 13.2. The van der Waals surface area contributed by atoms with E-state index in [1.807, 2.05) is 36.0 Å². The highest BCUT2D eigenvalue weighted by molar-refractivity contribution is 7.99. The average molecular weight is 272 g/mol. The minimum atomic E-state index is -0.502. The van der Waals surface area contributed by atoms with Crippen molar-refractivity contribution in [1.82, 2.24) is 5.32 Å². The molecule has 0 aromatic heterocycles. The zero-order valence-electron chi connectivity index (χ0n) is 9.79. The standard InChI is InChI=1S/C13H18ClNOS/c14-12-3-1-11(2-4-12)9-15-10-13(16)5-7-17-8-6-13/h1-4,15-16H,5-10H2. The first-order chi connectivity index (χ1) is 8.18. The topological polar surface area (TPSA) is 32.3 Å². The first-order valence-electron chi connectivity index (χ1n) is 5.93. The van der Waals surface area contributed by atoms with E-state index < -0.39 is 5.60 Å². The Morgan fingerprint density at radius 3 is 2.53 bits per heavy atom. The Kier molecular flexibility index (Phi) is 4.74. The molecule has 1 aromatic rings. The van der Waals surface area contributed by atoms with E-state index in [1.165, 1.54) is 5.56 Å². The quantitative estimate of drug-likeness (QED) is 0.883. The maximum atomic E-state index is 10.3. The van der Waals surface area contributed by atoms with E-state index in [-0.39, 0.29) is 0 Å². The minimum Gasteiger partial charge on any atom is -0.389 e. The van der Waals surface area contributed by atoms with Gasteiger partial charge in [0.2, 0.25) is 0 Å². The summed E-state index contributed by atoms with van der Waals surface area (Å²) >= 11 is 7.75. The van der Waals surface area contributed by atoms with Crippen LogP contribution in [0.3, 0.4) is 0 Å². The smallest absolute Gasteiger partial charge is 0.0787 e. The minimum absolute atomic E-state index is 0.502. The third-order valence-corrected chi connectivity index (χ3v) is 4.36. The van der Waals surface area contributed by atoms with Gasteiger partial charge in [0.05, 0.1) is 5.60 Å². The van der Waals surface area contributed by atoms with Crippen LogP contribution >= 0.6 is 23.4 Å². The number of halogens is 1. The molecule has 0 aliphatic carbocycles. The second kappa shape index (κ2) is 6.10. The molecule has 0 amide bonds. The third kappa shape index (κ3) is 4.18. The molecule has 2 N–H and O–H groups in total. The van der Waals surface area contributed by atoms with Crippen LogP contribution in [-0.4, -0.2) is 28.8 Å². The molecular weight excluding hydrogens is 254 g/mol. The molecule has 17 heavy (non-hydrogen) atoms. The Balaban J connectivity index is 1.77. The van der Waals surface area contributed by atoms with Crippen molar-refractivity contribution >= 4 is 23.4 Å². The second-order valence-corrected chi connectivity index (χ2v) is 6.23. The molecule has 1 heterocycles. The van der Waals surface area contributed by atoms with Gasteiger partial charge in [0.25, 0.3) is 0 Å². The second-order valence-electron chi connectivity index (χ2n) is 4.57. The zero-order chi connectivity index (χ0) is 12.1. The Bertz CT molecular complexity index is 349. The van der Waals surface area contributed by atoms with Crippen molar-refractivity contribution in [2.75, 3.05) is 18.1 Å². The fraction of sp³-hybridized carbons (Fsp3) is 0.538. The highest BCUT2D eigenvalue weighted by atomic mass is 35.5. The molecule has 1 aliphatic rings. The summed E-state index contributed by atoms with van der Waals surface area (Å²) in [6, 6.07) is 7.81. The molecule has 1 aliphatic heterocycles. The molecule has 0 unspecified atom stereocenters. The van der Waals surface area contributed by atoms with Crippen LogP contribution in [0.1, 0.15) is 18.4 Å². The molecule has 1 fully saturated rings. The third-order valence-electron chi connectivity index (χ3n) is 3.12. The largest absolute Gasteiger partial charge is 0.389 e. The van der Waals surface area contributed by atoms with Crippen molar-refractivity contribution in [3.63, 3.8) is 0 Å². The summed E-state index contributed by atoms with van der Waals surface area (Å²) in [7, 11) is 0. The lowest BCUT2D eigenvalue weighted by atomic mass is 9.97. The Hall–Kier alpha value is -0.220. The van der Waals surface area contributed by atoms with Crippen molar-refractivity contribution in [2.24, 2.45) is 0 Å². The summed E-state index contributed by atoms with van der Waals surface area (Å²) < 4.78 is 0. The lowest BCUT2D eigenvalue weighted by Gasteiger charge is -2.32. The molecule has 0 radical (unpaired) electrons. The van der Waals surface area contributed by atoms with E-state index in [4.69, 9.17) is 11.6 Å². The summed E-state index contributed by atoms with van der Waals surface area (Å²) in [5.74, 6) is 2.14. The maximum absolute atomic E-state index is 10.3. The van der Waals surface area contributed by atoms with Crippen molar-refractivity contribution in [2.45, 2.75) is 25.0 Å².